The molecule has 0 atom stereocenters. The Kier molecular flexibility index (Phi) is 7.68. The lowest BCUT2D eigenvalue weighted by molar-refractivity contribution is 0.0954. The van der Waals surface area contributed by atoms with Crippen molar-refractivity contribution in [2.45, 2.75) is 32.6 Å². The number of nitrogens with one attached hydrogen (secondary N) is 1. The summed E-state index contributed by atoms with van der Waals surface area (Å²) in [6.07, 6.45) is 1.44. The molecule has 0 fully saturated rings. The molecule has 8 nitrogen and oxygen atoms in total. The third kappa shape index (κ3) is 5.63. The van der Waals surface area contributed by atoms with Gasteiger partial charge in [0.1, 0.15) is 4.90 Å². The molecule has 3 aromatic carbocycles. The molecule has 1 heterocycles. The number of hydrogen-bond donors (Lipinski definition) is 1. The van der Waals surface area contributed by atoms with Crippen molar-refractivity contribution in [2.24, 2.45) is 5.10 Å². The summed E-state index contributed by atoms with van der Waals surface area (Å²) in [7, 11) is -2.65. The molecule has 0 aliphatic rings. The zero-order valence-corrected chi connectivity index (χ0v) is 22.7. The number of para-hydroxylation sites is 1. The number of aromatic nitrogens is 1. The van der Waals surface area contributed by atoms with Crippen molar-refractivity contribution in [1.29, 1.82) is 0 Å². The average Bonchev–Trinajstić information content (AvgIpc) is 3.20. The normalized spacial score (nSPS) is 11.5. The first-order valence-electron chi connectivity index (χ1n) is 11.9. The second kappa shape index (κ2) is 10.9. The van der Waals surface area contributed by atoms with Gasteiger partial charge in [-0.25, -0.2) is 5.43 Å². The minimum Gasteiger partial charge on any atom is -0.493 e. The van der Waals surface area contributed by atoms with Crippen molar-refractivity contribution in [3.05, 3.63) is 106 Å². The molecular weight excluding hydrogens is 502 g/mol. The van der Waals surface area contributed by atoms with Gasteiger partial charge >= 0.3 is 10.1 Å². The van der Waals surface area contributed by atoms with E-state index >= 15 is 0 Å². The molecule has 4 aromatic rings. The zero-order chi connectivity index (χ0) is 27.4. The molecular formula is C29H29N3O5S. The number of carbonyl (C=O) groups is 1. The quantitative estimate of drug-likeness (QED) is 0.190. The van der Waals surface area contributed by atoms with E-state index in [-0.39, 0.29) is 22.3 Å². The van der Waals surface area contributed by atoms with Gasteiger partial charge in [0.05, 0.1) is 18.9 Å². The second-order valence-electron chi connectivity index (χ2n) is 8.87. The van der Waals surface area contributed by atoms with Crippen LogP contribution < -0.4 is 14.3 Å². The highest BCUT2D eigenvalue weighted by atomic mass is 32.2. The summed E-state index contributed by atoms with van der Waals surface area (Å²) in [6, 6.07) is 21.4. The molecule has 0 spiro atoms. The number of aryl methyl sites for hydroxylation is 3. The Morgan fingerprint density at radius 1 is 0.921 bits per heavy atom. The molecule has 0 saturated carbocycles. The third-order valence-electron chi connectivity index (χ3n) is 6.07. The maximum atomic E-state index is 12.9. The summed E-state index contributed by atoms with van der Waals surface area (Å²) in [5.74, 6) is -0.0911. The van der Waals surface area contributed by atoms with Crippen LogP contribution in [0.4, 0.5) is 0 Å². The maximum Gasteiger partial charge on any atom is 0.339 e. The van der Waals surface area contributed by atoms with Gasteiger partial charge in [-0.2, -0.15) is 13.5 Å². The van der Waals surface area contributed by atoms with Crippen LogP contribution in [0.25, 0.3) is 5.69 Å². The van der Waals surface area contributed by atoms with Crippen LogP contribution in [-0.2, 0) is 10.1 Å². The monoisotopic (exact) mass is 531 g/mol. The van der Waals surface area contributed by atoms with Crippen molar-refractivity contribution < 1.29 is 22.1 Å². The molecule has 1 amide bonds. The van der Waals surface area contributed by atoms with Gasteiger partial charge in [-0.05, 0) is 86.8 Å². The van der Waals surface area contributed by atoms with E-state index in [1.165, 1.54) is 19.4 Å². The fourth-order valence-corrected chi connectivity index (χ4v) is 5.42. The number of hydrazone groups is 1. The van der Waals surface area contributed by atoms with Gasteiger partial charge in [0.15, 0.2) is 11.5 Å². The largest absolute Gasteiger partial charge is 0.493 e. The van der Waals surface area contributed by atoms with Crippen LogP contribution in [0.2, 0.25) is 0 Å². The Bertz CT molecular complexity index is 1620. The standard InChI is InChI=1S/C29H29N3O5S/c1-19-11-12-20(2)28(15-19)38(34,35)37-26-14-13-23(17-27(26)36-5)18-30-31-29(33)25-16-21(3)32(22(25)4)24-9-7-6-8-10-24/h6-18H,1-5H3,(H,31,33)/b30-18-. The fourth-order valence-electron chi connectivity index (χ4n) is 4.17. The second-order valence-corrected chi connectivity index (χ2v) is 10.4. The fraction of sp³-hybridized carbons (Fsp3) is 0.172. The van der Waals surface area contributed by atoms with Crippen molar-refractivity contribution in [3.8, 4) is 17.2 Å². The van der Waals surface area contributed by atoms with Gasteiger partial charge in [-0.15, -0.1) is 0 Å². The first kappa shape index (κ1) is 26.7. The molecule has 1 N–H and O–H groups in total. The van der Waals surface area contributed by atoms with E-state index in [1.54, 1.807) is 31.2 Å². The lowest BCUT2D eigenvalue weighted by Crippen LogP contribution is -2.18. The van der Waals surface area contributed by atoms with Crippen molar-refractivity contribution in [2.75, 3.05) is 7.11 Å². The summed E-state index contributed by atoms with van der Waals surface area (Å²) >= 11 is 0. The van der Waals surface area contributed by atoms with Crippen LogP contribution in [-0.4, -0.2) is 32.2 Å². The highest BCUT2D eigenvalue weighted by molar-refractivity contribution is 7.87. The smallest absolute Gasteiger partial charge is 0.339 e. The number of carbonyl (C=O) groups excluding carboxylic acids is 1. The Balaban J connectivity index is 1.49. The molecule has 0 unspecified atom stereocenters. The summed E-state index contributed by atoms with van der Waals surface area (Å²) < 4.78 is 38.6. The van der Waals surface area contributed by atoms with Gasteiger partial charge in [-0.3, -0.25) is 4.79 Å². The van der Waals surface area contributed by atoms with E-state index in [0.29, 0.717) is 16.7 Å². The van der Waals surface area contributed by atoms with Gasteiger partial charge in [0.25, 0.3) is 5.91 Å². The summed E-state index contributed by atoms with van der Waals surface area (Å²) in [6.45, 7) is 7.35. The first-order chi connectivity index (χ1) is 18.1. The predicted molar refractivity (Wildman–Crippen MR) is 147 cm³/mol. The number of benzene rings is 3. The molecule has 196 valence electrons. The van der Waals surface area contributed by atoms with Crippen molar-refractivity contribution in [3.63, 3.8) is 0 Å². The molecule has 1 aromatic heterocycles. The van der Waals surface area contributed by atoms with Gasteiger partial charge in [0, 0.05) is 17.1 Å². The molecule has 0 aliphatic carbocycles. The number of hydrogen-bond acceptors (Lipinski definition) is 6. The van der Waals surface area contributed by atoms with E-state index in [0.717, 1.165) is 22.6 Å². The molecule has 4 rings (SSSR count). The van der Waals surface area contributed by atoms with Crippen LogP contribution in [0, 0.1) is 27.7 Å². The molecule has 38 heavy (non-hydrogen) atoms. The van der Waals surface area contributed by atoms with Crippen LogP contribution >= 0.6 is 0 Å². The molecule has 9 heteroatoms. The van der Waals surface area contributed by atoms with Crippen LogP contribution in [0.3, 0.4) is 0 Å². The maximum absolute atomic E-state index is 12.9. The van der Waals surface area contributed by atoms with Gasteiger partial charge in [-0.1, -0.05) is 30.3 Å². The molecule has 0 bridgehead atoms. The number of methoxy groups -OCH3 is 1. The summed E-state index contributed by atoms with van der Waals surface area (Å²) in [4.78, 5) is 12.9. The Labute approximate surface area is 222 Å². The Morgan fingerprint density at radius 2 is 1.66 bits per heavy atom. The zero-order valence-electron chi connectivity index (χ0n) is 21.8. The van der Waals surface area contributed by atoms with Gasteiger partial charge in [0.2, 0.25) is 0 Å². The van der Waals surface area contributed by atoms with Crippen LogP contribution in [0.5, 0.6) is 11.5 Å². The summed E-state index contributed by atoms with van der Waals surface area (Å²) in [5, 5.41) is 4.07. The highest BCUT2D eigenvalue weighted by Gasteiger charge is 2.22. The molecule has 0 saturated heterocycles. The average molecular weight is 532 g/mol. The van der Waals surface area contributed by atoms with E-state index in [9.17, 15) is 13.2 Å². The third-order valence-corrected chi connectivity index (χ3v) is 7.45. The minimum atomic E-state index is -4.07. The van der Waals surface area contributed by atoms with Crippen LogP contribution in [0.15, 0.2) is 82.8 Å². The Hall–Kier alpha value is -4.37. The minimum absolute atomic E-state index is 0.0444. The topological polar surface area (TPSA) is 99.0 Å². The van der Waals surface area contributed by atoms with Gasteiger partial charge < -0.3 is 13.5 Å². The number of ether oxygens (including phenoxy) is 1. The number of rotatable bonds is 8. The molecule has 0 aliphatic heterocycles. The van der Waals surface area contributed by atoms with Crippen LogP contribution in [0.1, 0.15) is 38.4 Å². The van der Waals surface area contributed by atoms with E-state index < -0.39 is 10.1 Å². The van der Waals surface area contributed by atoms with Crippen molar-refractivity contribution >= 4 is 22.2 Å². The van der Waals surface area contributed by atoms with E-state index in [2.05, 4.69) is 10.5 Å². The lowest BCUT2D eigenvalue weighted by Gasteiger charge is -2.13. The summed E-state index contributed by atoms with van der Waals surface area (Å²) in [5.41, 5.74) is 7.73. The van der Waals surface area contributed by atoms with E-state index in [4.69, 9.17) is 8.92 Å². The van der Waals surface area contributed by atoms with E-state index in [1.807, 2.05) is 67.8 Å². The highest BCUT2D eigenvalue weighted by Crippen LogP contribution is 2.31. The molecule has 0 radical (unpaired) electrons. The SMILES string of the molecule is COc1cc(/C=N\NC(=O)c2cc(C)n(-c3ccccc3)c2C)ccc1OS(=O)(=O)c1cc(C)ccc1C. The van der Waals surface area contributed by atoms with Crippen molar-refractivity contribution in [1.82, 2.24) is 9.99 Å². The lowest BCUT2D eigenvalue weighted by atomic mass is 10.2. The number of nitrogens with zero attached hydrogens (tertiary/aromatic N) is 2. The first-order valence-corrected chi connectivity index (χ1v) is 13.3. The number of amides is 1. The predicted octanol–water partition coefficient (Wildman–Crippen LogP) is 5.25. The Morgan fingerprint density at radius 3 is 2.37 bits per heavy atom.